The van der Waals surface area contributed by atoms with Crippen LogP contribution in [0.15, 0.2) is 42.5 Å². The van der Waals surface area contributed by atoms with E-state index in [9.17, 15) is 4.79 Å². The van der Waals surface area contributed by atoms with Crippen LogP contribution in [0.5, 0.6) is 0 Å². The minimum absolute atomic E-state index is 0.165. The fraction of sp³-hybridized carbons (Fsp3) is 0.200. The zero-order valence-corrected chi connectivity index (χ0v) is 18.3. The first-order valence-corrected chi connectivity index (χ1v) is 10.3. The molecule has 1 fully saturated rings. The van der Waals surface area contributed by atoms with Crippen LogP contribution in [0, 0.1) is 0 Å². The Morgan fingerprint density at radius 1 is 1.07 bits per heavy atom. The third-order valence-electron chi connectivity index (χ3n) is 4.17. The molecule has 2 aromatic rings. The summed E-state index contributed by atoms with van der Waals surface area (Å²) < 4.78 is 5.40. The molecule has 0 radical (unpaired) electrons. The van der Waals surface area contributed by atoms with Crippen molar-refractivity contribution < 1.29 is 9.53 Å². The van der Waals surface area contributed by atoms with Crippen LogP contribution in [0.3, 0.4) is 0 Å². The number of amides is 1. The number of carbonyl (C=O) groups excluding carboxylic acids is 1. The molecule has 3 rings (SSSR count). The molecular formula is C20H18Cl3N3O2S. The molecule has 2 N–H and O–H groups in total. The molecule has 0 unspecified atom stereocenters. The van der Waals surface area contributed by atoms with Crippen molar-refractivity contribution in [2.45, 2.75) is 0 Å². The van der Waals surface area contributed by atoms with Gasteiger partial charge in [-0.2, -0.15) is 0 Å². The van der Waals surface area contributed by atoms with E-state index >= 15 is 0 Å². The van der Waals surface area contributed by atoms with Gasteiger partial charge < -0.3 is 15.0 Å². The normalized spacial score (nSPS) is 14.1. The van der Waals surface area contributed by atoms with Crippen molar-refractivity contribution in [2.24, 2.45) is 0 Å². The van der Waals surface area contributed by atoms with Crippen LogP contribution in [-0.4, -0.2) is 37.3 Å². The number of halogens is 3. The molecule has 0 spiro atoms. The fourth-order valence-corrected chi connectivity index (χ4v) is 3.65. The van der Waals surface area contributed by atoms with Crippen LogP contribution in [0.25, 0.3) is 6.08 Å². The SMILES string of the molecule is O=C(C=Cc1ccc(Cl)cc1Cl)NC(=S)Nc1cc(Cl)ccc1N1CCOCC1. The van der Waals surface area contributed by atoms with E-state index in [2.05, 4.69) is 15.5 Å². The standard InChI is InChI=1S/C20H18Cl3N3O2S/c21-14-3-1-13(16(23)11-14)2-6-19(27)25-20(29)24-17-12-15(22)4-5-18(17)26-7-9-28-10-8-26/h1-6,11-12H,7-10H2,(H2,24,25,27,29). The summed E-state index contributed by atoms with van der Waals surface area (Å²) in [6, 6.07) is 10.5. The molecule has 1 aliphatic heterocycles. The first kappa shape index (κ1) is 21.9. The van der Waals surface area contributed by atoms with Crippen molar-refractivity contribution in [1.29, 1.82) is 0 Å². The molecule has 9 heteroatoms. The molecule has 0 bridgehead atoms. The Morgan fingerprint density at radius 3 is 2.48 bits per heavy atom. The lowest BCUT2D eigenvalue weighted by Crippen LogP contribution is -2.37. The van der Waals surface area contributed by atoms with Crippen LogP contribution >= 0.6 is 47.0 Å². The van der Waals surface area contributed by atoms with Crippen LogP contribution < -0.4 is 15.5 Å². The Morgan fingerprint density at radius 2 is 1.76 bits per heavy atom. The average Bonchev–Trinajstić information content (AvgIpc) is 2.68. The molecule has 0 aromatic heterocycles. The second-order valence-corrected chi connectivity index (χ2v) is 7.89. The summed E-state index contributed by atoms with van der Waals surface area (Å²) in [6.45, 7) is 2.84. The molecule has 29 heavy (non-hydrogen) atoms. The average molecular weight is 471 g/mol. The molecule has 5 nitrogen and oxygen atoms in total. The van der Waals surface area contributed by atoms with E-state index in [1.54, 1.807) is 30.3 Å². The van der Waals surface area contributed by atoms with Crippen molar-refractivity contribution in [3.63, 3.8) is 0 Å². The van der Waals surface area contributed by atoms with Gasteiger partial charge in [-0.05, 0) is 54.2 Å². The summed E-state index contributed by atoms with van der Waals surface area (Å²) in [7, 11) is 0. The molecular weight excluding hydrogens is 453 g/mol. The highest BCUT2D eigenvalue weighted by Gasteiger charge is 2.16. The summed E-state index contributed by atoms with van der Waals surface area (Å²) >= 11 is 23.4. The molecule has 0 aliphatic carbocycles. The maximum atomic E-state index is 12.2. The van der Waals surface area contributed by atoms with E-state index in [-0.39, 0.29) is 11.0 Å². The van der Waals surface area contributed by atoms with Gasteiger partial charge in [0.25, 0.3) is 0 Å². The van der Waals surface area contributed by atoms with Gasteiger partial charge in [0.1, 0.15) is 0 Å². The predicted octanol–water partition coefficient (Wildman–Crippen LogP) is 5.01. The number of ether oxygens (including phenoxy) is 1. The predicted molar refractivity (Wildman–Crippen MR) is 124 cm³/mol. The van der Waals surface area contributed by atoms with Crippen LogP contribution in [-0.2, 0) is 9.53 Å². The van der Waals surface area contributed by atoms with Gasteiger partial charge in [-0.15, -0.1) is 0 Å². The number of nitrogens with zero attached hydrogens (tertiary/aromatic N) is 1. The third-order valence-corrected chi connectivity index (χ3v) is 5.17. The number of nitrogens with one attached hydrogen (secondary N) is 2. The molecule has 0 saturated carbocycles. The first-order valence-electron chi connectivity index (χ1n) is 8.80. The highest BCUT2D eigenvalue weighted by Crippen LogP contribution is 2.30. The fourth-order valence-electron chi connectivity index (χ4n) is 2.80. The molecule has 1 aliphatic rings. The quantitative estimate of drug-likeness (QED) is 0.486. The second kappa shape index (κ2) is 10.3. The van der Waals surface area contributed by atoms with Crippen LogP contribution in [0.1, 0.15) is 5.56 Å². The molecule has 1 heterocycles. The Hall–Kier alpha value is -1.83. The van der Waals surface area contributed by atoms with E-state index in [0.717, 1.165) is 24.5 Å². The number of hydrogen-bond donors (Lipinski definition) is 2. The van der Waals surface area contributed by atoms with E-state index < -0.39 is 0 Å². The van der Waals surface area contributed by atoms with E-state index in [1.165, 1.54) is 6.08 Å². The second-order valence-electron chi connectivity index (χ2n) is 6.20. The van der Waals surface area contributed by atoms with E-state index in [4.69, 9.17) is 51.8 Å². The summed E-state index contributed by atoms with van der Waals surface area (Å²) in [5.74, 6) is -0.386. The van der Waals surface area contributed by atoms with Crippen molar-refractivity contribution in [2.75, 3.05) is 36.5 Å². The van der Waals surface area contributed by atoms with Gasteiger partial charge in [-0.3, -0.25) is 10.1 Å². The minimum atomic E-state index is -0.386. The Bertz CT molecular complexity index is 947. The number of benzene rings is 2. The lowest BCUT2D eigenvalue weighted by Gasteiger charge is -2.30. The van der Waals surface area contributed by atoms with Gasteiger partial charge in [-0.1, -0.05) is 40.9 Å². The Labute approximate surface area is 189 Å². The first-order chi connectivity index (χ1) is 13.9. The third kappa shape index (κ3) is 6.32. The minimum Gasteiger partial charge on any atom is -0.378 e. The molecule has 152 valence electrons. The lowest BCUT2D eigenvalue weighted by atomic mass is 10.2. The Kier molecular flexibility index (Phi) is 7.75. The van der Waals surface area contributed by atoms with Gasteiger partial charge in [0.05, 0.1) is 24.6 Å². The summed E-state index contributed by atoms with van der Waals surface area (Å²) in [6.07, 6.45) is 2.94. The summed E-state index contributed by atoms with van der Waals surface area (Å²) in [5.41, 5.74) is 2.33. The number of anilines is 2. The Balaban J connectivity index is 1.65. The maximum Gasteiger partial charge on any atom is 0.250 e. The number of hydrogen-bond acceptors (Lipinski definition) is 4. The zero-order chi connectivity index (χ0) is 20.8. The number of carbonyl (C=O) groups is 1. The molecule has 2 aromatic carbocycles. The smallest absolute Gasteiger partial charge is 0.250 e. The summed E-state index contributed by atoms with van der Waals surface area (Å²) in [5, 5.41) is 7.38. The van der Waals surface area contributed by atoms with E-state index in [1.807, 2.05) is 12.1 Å². The van der Waals surface area contributed by atoms with Gasteiger partial charge in [0, 0.05) is 34.2 Å². The molecule has 1 saturated heterocycles. The maximum absolute atomic E-state index is 12.2. The highest BCUT2D eigenvalue weighted by molar-refractivity contribution is 7.80. The number of rotatable bonds is 4. The van der Waals surface area contributed by atoms with Crippen molar-refractivity contribution in [3.8, 4) is 0 Å². The van der Waals surface area contributed by atoms with Gasteiger partial charge in [0.15, 0.2) is 5.11 Å². The van der Waals surface area contributed by atoms with Crippen molar-refractivity contribution in [3.05, 3.63) is 63.1 Å². The molecule has 0 atom stereocenters. The van der Waals surface area contributed by atoms with Crippen molar-refractivity contribution in [1.82, 2.24) is 5.32 Å². The van der Waals surface area contributed by atoms with Gasteiger partial charge in [-0.25, -0.2) is 0 Å². The van der Waals surface area contributed by atoms with E-state index in [0.29, 0.717) is 33.8 Å². The zero-order valence-electron chi connectivity index (χ0n) is 15.3. The topological polar surface area (TPSA) is 53.6 Å². The van der Waals surface area contributed by atoms with Crippen molar-refractivity contribution >= 4 is 75.5 Å². The highest BCUT2D eigenvalue weighted by atomic mass is 35.5. The van der Waals surface area contributed by atoms with Crippen LogP contribution in [0.2, 0.25) is 15.1 Å². The number of thiocarbonyl (C=S) groups is 1. The largest absolute Gasteiger partial charge is 0.378 e. The molecule has 1 amide bonds. The lowest BCUT2D eigenvalue weighted by molar-refractivity contribution is -0.115. The van der Waals surface area contributed by atoms with Gasteiger partial charge >= 0.3 is 0 Å². The van der Waals surface area contributed by atoms with Gasteiger partial charge in [0.2, 0.25) is 5.91 Å². The number of morpholine rings is 1. The van der Waals surface area contributed by atoms with Crippen LogP contribution in [0.4, 0.5) is 11.4 Å². The monoisotopic (exact) mass is 469 g/mol. The summed E-state index contributed by atoms with van der Waals surface area (Å²) in [4.78, 5) is 14.4.